The molecule has 0 atom stereocenters. The fourth-order valence-corrected chi connectivity index (χ4v) is 3.29. The predicted molar refractivity (Wildman–Crippen MR) is 91.2 cm³/mol. The Balaban J connectivity index is 1.99. The molecule has 7 nitrogen and oxygen atoms in total. The second-order valence-corrected chi connectivity index (χ2v) is 7.24. The van der Waals surface area contributed by atoms with Crippen molar-refractivity contribution in [2.45, 2.75) is 11.8 Å². The fraction of sp³-hybridized carbons (Fsp3) is 0.133. The Bertz CT molecular complexity index is 1000. The van der Waals surface area contributed by atoms with E-state index in [1.54, 1.807) is 13.1 Å². The summed E-state index contributed by atoms with van der Waals surface area (Å²) >= 11 is 6.03. The third kappa shape index (κ3) is 3.39. The SMILES string of the molecule is Cc1ccccc1-c1cc(Cl)nc(NS(=O)(=O)c2cnn(C)c2)n1. The van der Waals surface area contributed by atoms with Gasteiger partial charge in [-0.1, -0.05) is 35.9 Å². The van der Waals surface area contributed by atoms with E-state index in [1.807, 2.05) is 31.2 Å². The maximum absolute atomic E-state index is 12.4. The second kappa shape index (κ2) is 6.21. The third-order valence-corrected chi connectivity index (χ3v) is 4.81. The lowest BCUT2D eigenvalue weighted by molar-refractivity contribution is 0.600. The molecule has 0 saturated carbocycles. The maximum atomic E-state index is 12.4. The van der Waals surface area contributed by atoms with Crippen molar-refractivity contribution in [1.29, 1.82) is 0 Å². The fourth-order valence-electron chi connectivity index (χ4n) is 2.18. The highest BCUT2D eigenvalue weighted by Gasteiger charge is 2.18. The van der Waals surface area contributed by atoms with Gasteiger partial charge < -0.3 is 0 Å². The lowest BCUT2D eigenvalue weighted by Gasteiger charge is -2.09. The first kappa shape index (κ1) is 16.4. The van der Waals surface area contributed by atoms with Gasteiger partial charge in [0.2, 0.25) is 5.95 Å². The molecule has 9 heteroatoms. The van der Waals surface area contributed by atoms with Gasteiger partial charge in [-0.25, -0.2) is 23.1 Å². The molecule has 24 heavy (non-hydrogen) atoms. The minimum Gasteiger partial charge on any atom is -0.274 e. The van der Waals surface area contributed by atoms with E-state index < -0.39 is 10.0 Å². The normalized spacial score (nSPS) is 11.5. The zero-order chi connectivity index (χ0) is 17.3. The van der Waals surface area contributed by atoms with Gasteiger partial charge in [0.1, 0.15) is 10.0 Å². The maximum Gasteiger partial charge on any atom is 0.267 e. The van der Waals surface area contributed by atoms with Crippen LogP contribution in [0.1, 0.15) is 5.56 Å². The Kier molecular flexibility index (Phi) is 4.25. The molecule has 2 heterocycles. The van der Waals surface area contributed by atoms with Crippen LogP contribution < -0.4 is 4.72 Å². The van der Waals surface area contributed by atoms with Crippen LogP contribution in [-0.2, 0) is 17.1 Å². The van der Waals surface area contributed by atoms with E-state index in [1.165, 1.54) is 17.1 Å². The average Bonchev–Trinajstić information content (AvgIpc) is 2.94. The van der Waals surface area contributed by atoms with Crippen LogP contribution >= 0.6 is 11.6 Å². The first-order chi connectivity index (χ1) is 11.3. The molecule has 0 unspecified atom stereocenters. The zero-order valence-corrected chi connectivity index (χ0v) is 14.5. The molecule has 3 rings (SSSR count). The molecule has 124 valence electrons. The van der Waals surface area contributed by atoms with Crippen molar-refractivity contribution in [2.24, 2.45) is 7.05 Å². The number of aromatic nitrogens is 4. The lowest BCUT2D eigenvalue weighted by Crippen LogP contribution is -2.15. The molecule has 0 aliphatic heterocycles. The van der Waals surface area contributed by atoms with Gasteiger partial charge in [0.25, 0.3) is 10.0 Å². The molecular formula is C15H14ClN5O2S. The van der Waals surface area contributed by atoms with Crippen LogP contribution in [0.15, 0.2) is 47.6 Å². The van der Waals surface area contributed by atoms with Gasteiger partial charge in [-0.2, -0.15) is 5.10 Å². The van der Waals surface area contributed by atoms with Crippen LogP contribution in [0.2, 0.25) is 5.15 Å². The molecular weight excluding hydrogens is 350 g/mol. The Labute approximate surface area is 144 Å². The molecule has 0 fully saturated rings. The van der Waals surface area contributed by atoms with Crippen molar-refractivity contribution < 1.29 is 8.42 Å². The molecule has 1 aromatic carbocycles. The van der Waals surface area contributed by atoms with E-state index in [-0.39, 0.29) is 16.0 Å². The van der Waals surface area contributed by atoms with E-state index in [2.05, 4.69) is 19.8 Å². The zero-order valence-electron chi connectivity index (χ0n) is 12.9. The average molecular weight is 364 g/mol. The first-order valence-electron chi connectivity index (χ1n) is 6.97. The van der Waals surface area contributed by atoms with Crippen LogP contribution in [0.25, 0.3) is 11.3 Å². The number of hydrogen-bond donors (Lipinski definition) is 1. The highest BCUT2D eigenvalue weighted by molar-refractivity contribution is 7.92. The number of nitrogens with one attached hydrogen (secondary N) is 1. The summed E-state index contributed by atoms with van der Waals surface area (Å²) in [4.78, 5) is 8.23. The smallest absolute Gasteiger partial charge is 0.267 e. The van der Waals surface area contributed by atoms with Crippen molar-refractivity contribution in [3.63, 3.8) is 0 Å². The first-order valence-corrected chi connectivity index (χ1v) is 8.83. The second-order valence-electron chi connectivity index (χ2n) is 5.17. The van der Waals surface area contributed by atoms with E-state index >= 15 is 0 Å². The van der Waals surface area contributed by atoms with Crippen LogP contribution in [0.5, 0.6) is 0 Å². The van der Waals surface area contributed by atoms with Gasteiger partial charge in [0.05, 0.1) is 11.9 Å². The van der Waals surface area contributed by atoms with E-state index in [9.17, 15) is 8.42 Å². The van der Waals surface area contributed by atoms with Crippen molar-refractivity contribution in [2.75, 3.05) is 4.72 Å². The molecule has 0 aliphatic rings. The Morgan fingerprint density at radius 2 is 1.96 bits per heavy atom. The molecule has 0 amide bonds. The van der Waals surface area contributed by atoms with E-state index in [4.69, 9.17) is 11.6 Å². The number of hydrogen-bond acceptors (Lipinski definition) is 5. The summed E-state index contributed by atoms with van der Waals surface area (Å²) in [6.07, 6.45) is 2.63. The molecule has 0 radical (unpaired) electrons. The molecule has 0 bridgehead atoms. The quantitative estimate of drug-likeness (QED) is 0.720. The van der Waals surface area contributed by atoms with Crippen molar-refractivity contribution in [3.8, 4) is 11.3 Å². The number of nitrogens with zero attached hydrogens (tertiary/aromatic N) is 4. The van der Waals surface area contributed by atoms with Crippen LogP contribution in [0, 0.1) is 6.92 Å². The van der Waals surface area contributed by atoms with Crippen molar-refractivity contribution >= 4 is 27.6 Å². The molecule has 0 saturated heterocycles. The topological polar surface area (TPSA) is 89.8 Å². The Morgan fingerprint density at radius 1 is 1.21 bits per heavy atom. The highest BCUT2D eigenvalue weighted by Crippen LogP contribution is 2.25. The largest absolute Gasteiger partial charge is 0.274 e. The predicted octanol–water partition coefficient (Wildman–Crippen LogP) is 2.64. The van der Waals surface area contributed by atoms with Crippen LogP contribution in [-0.4, -0.2) is 28.2 Å². The monoisotopic (exact) mass is 363 g/mol. The summed E-state index contributed by atoms with van der Waals surface area (Å²) < 4.78 is 28.4. The minimum absolute atomic E-state index is 0.0195. The van der Waals surface area contributed by atoms with Gasteiger partial charge in [-0.3, -0.25) is 4.68 Å². The van der Waals surface area contributed by atoms with Gasteiger partial charge >= 0.3 is 0 Å². The molecule has 3 aromatic rings. The summed E-state index contributed by atoms with van der Waals surface area (Å²) in [5.74, 6) is -0.0930. The van der Waals surface area contributed by atoms with E-state index in [0.717, 1.165) is 11.1 Å². The molecule has 2 aromatic heterocycles. The van der Waals surface area contributed by atoms with Crippen LogP contribution in [0.3, 0.4) is 0 Å². The van der Waals surface area contributed by atoms with Crippen LogP contribution in [0.4, 0.5) is 5.95 Å². The van der Waals surface area contributed by atoms with Gasteiger partial charge in [-0.05, 0) is 12.5 Å². The summed E-state index contributed by atoms with van der Waals surface area (Å²) in [6.45, 7) is 1.94. The Hall–Kier alpha value is -2.45. The molecule has 0 aliphatic carbocycles. The summed E-state index contributed by atoms with van der Waals surface area (Å²) in [5.41, 5.74) is 2.38. The number of rotatable bonds is 4. The molecule has 0 spiro atoms. The van der Waals surface area contributed by atoms with E-state index in [0.29, 0.717) is 5.69 Å². The highest BCUT2D eigenvalue weighted by atomic mass is 35.5. The van der Waals surface area contributed by atoms with Crippen molar-refractivity contribution in [3.05, 3.63) is 53.4 Å². The number of sulfonamides is 1. The molecule has 1 N–H and O–H groups in total. The third-order valence-electron chi connectivity index (χ3n) is 3.33. The number of halogens is 1. The minimum atomic E-state index is -3.84. The lowest BCUT2D eigenvalue weighted by atomic mass is 10.1. The number of anilines is 1. The number of aryl methyl sites for hydroxylation is 2. The van der Waals surface area contributed by atoms with Gasteiger partial charge in [-0.15, -0.1) is 0 Å². The standard InChI is InChI=1S/C15H14ClN5O2S/c1-10-5-3-4-6-12(10)13-7-14(16)19-15(18-13)20-24(22,23)11-8-17-21(2)9-11/h3-9H,1-2H3,(H,18,19,20). The summed E-state index contributed by atoms with van der Waals surface area (Å²) in [7, 11) is -2.21. The summed E-state index contributed by atoms with van der Waals surface area (Å²) in [5, 5.41) is 3.99. The Morgan fingerprint density at radius 3 is 2.62 bits per heavy atom. The van der Waals surface area contributed by atoms with Crippen molar-refractivity contribution in [1.82, 2.24) is 19.7 Å². The summed E-state index contributed by atoms with van der Waals surface area (Å²) in [6, 6.07) is 9.19. The van der Waals surface area contributed by atoms with Gasteiger partial charge in [0, 0.05) is 24.9 Å². The van der Waals surface area contributed by atoms with Gasteiger partial charge in [0.15, 0.2) is 0 Å². The number of benzene rings is 1.